The van der Waals surface area contributed by atoms with Crippen molar-refractivity contribution in [3.63, 3.8) is 0 Å². The average molecular weight is 275 g/mol. The van der Waals surface area contributed by atoms with E-state index in [1.807, 2.05) is 6.07 Å². The zero-order valence-electron chi connectivity index (χ0n) is 9.33. The van der Waals surface area contributed by atoms with Crippen molar-refractivity contribution in [3.05, 3.63) is 36.5 Å². The Hall–Kier alpha value is -1.91. The van der Waals surface area contributed by atoms with Crippen LogP contribution in [0.5, 0.6) is 0 Å². The Morgan fingerprint density at radius 2 is 2.39 bits per heavy atom. The van der Waals surface area contributed by atoms with E-state index in [2.05, 4.69) is 27.1 Å². The highest BCUT2D eigenvalue weighted by molar-refractivity contribution is 8.01. The van der Waals surface area contributed by atoms with Crippen molar-refractivity contribution in [2.24, 2.45) is 0 Å². The van der Waals surface area contributed by atoms with Gasteiger partial charge in [-0.2, -0.15) is 5.26 Å². The van der Waals surface area contributed by atoms with Crippen molar-refractivity contribution in [3.8, 4) is 6.07 Å². The van der Waals surface area contributed by atoms with E-state index in [4.69, 9.17) is 5.26 Å². The minimum absolute atomic E-state index is 0.546. The van der Waals surface area contributed by atoms with Gasteiger partial charge in [0.25, 0.3) is 0 Å². The largest absolute Gasteiger partial charge is 0.357 e. The molecule has 0 aromatic carbocycles. The molecule has 0 radical (unpaired) electrons. The topological polar surface area (TPSA) is 74.5 Å². The van der Waals surface area contributed by atoms with E-state index < -0.39 is 0 Å². The van der Waals surface area contributed by atoms with Gasteiger partial charge in [0.2, 0.25) is 5.13 Å². The highest BCUT2D eigenvalue weighted by Gasteiger charge is 2.06. The number of anilines is 1. The number of nitrogens with one attached hydrogen (secondary N) is 1. The molecule has 7 heteroatoms. The van der Waals surface area contributed by atoms with Crippen LogP contribution in [0.15, 0.2) is 40.4 Å². The Morgan fingerprint density at radius 1 is 1.50 bits per heavy atom. The first-order valence-corrected chi connectivity index (χ1v) is 6.67. The van der Waals surface area contributed by atoms with E-state index in [0.717, 1.165) is 14.5 Å². The Bertz CT molecular complexity index is 570. The smallest absolute Gasteiger partial charge is 0.206 e. The second-order valence-corrected chi connectivity index (χ2v) is 5.39. The van der Waals surface area contributed by atoms with Gasteiger partial charge in [-0.15, -0.1) is 16.8 Å². The summed E-state index contributed by atoms with van der Waals surface area (Å²) in [7, 11) is 0. The normalized spacial score (nSPS) is 9.72. The number of hydrogen-bond acceptors (Lipinski definition) is 7. The number of rotatable bonds is 5. The molecule has 0 bridgehead atoms. The first-order chi connectivity index (χ1) is 8.81. The zero-order chi connectivity index (χ0) is 12.8. The van der Waals surface area contributed by atoms with E-state index >= 15 is 0 Å². The highest BCUT2D eigenvalue weighted by atomic mass is 32.2. The van der Waals surface area contributed by atoms with Crippen LogP contribution in [0.3, 0.4) is 0 Å². The van der Waals surface area contributed by atoms with Crippen molar-refractivity contribution in [2.75, 3.05) is 11.9 Å². The molecule has 2 rings (SSSR count). The molecule has 2 heterocycles. The van der Waals surface area contributed by atoms with Crippen LogP contribution in [0.2, 0.25) is 0 Å². The Balaban J connectivity index is 2.02. The summed E-state index contributed by atoms with van der Waals surface area (Å²) in [6.07, 6.45) is 3.30. The fourth-order valence-corrected chi connectivity index (χ4v) is 2.72. The van der Waals surface area contributed by atoms with Gasteiger partial charge < -0.3 is 5.32 Å². The van der Waals surface area contributed by atoms with Crippen LogP contribution in [-0.2, 0) is 0 Å². The summed E-state index contributed by atoms with van der Waals surface area (Å²) >= 11 is 2.87. The summed E-state index contributed by atoms with van der Waals surface area (Å²) in [5.74, 6) is 0. The molecule has 0 fully saturated rings. The number of aromatic nitrogens is 3. The molecule has 0 aliphatic rings. The molecular weight excluding hydrogens is 266 g/mol. The molecule has 0 aliphatic carbocycles. The van der Waals surface area contributed by atoms with Crippen molar-refractivity contribution in [2.45, 2.75) is 9.37 Å². The number of pyridine rings is 1. The predicted octanol–water partition coefficient (Wildman–Crippen LogP) is 2.55. The van der Waals surface area contributed by atoms with Crippen molar-refractivity contribution < 1.29 is 0 Å². The molecule has 2 aromatic heterocycles. The number of hydrogen-bond donors (Lipinski definition) is 1. The third kappa shape index (κ3) is 3.29. The molecule has 0 spiro atoms. The molecule has 5 nitrogen and oxygen atoms in total. The van der Waals surface area contributed by atoms with Gasteiger partial charge in [0, 0.05) is 12.7 Å². The van der Waals surface area contributed by atoms with Crippen LogP contribution in [0, 0.1) is 11.3 Å². The Kier molecular flexibility index (Phi) is 4.28. The fourth-order valence-electron chi connectivity index (χ4n) is 1.08. The number of nitrogens with zero attached hydrogens (tertiary/aromatic N) is 4. The lowest BCUT2D eigenvalue weighted by Crippen LogP contribution is -1.96. The summed E-state index contributed by atoms with van der Waals surface area (Å²) < 4.78 is 0.804. The standard InChI is InChI=1S/C11H9N5S2/c1-2-5-13-10-15-16-11(18-10)17-9-4-3-8(6-12)7-14-9/h2-4,7H,1,5H2,(H,13,15). The van der Waals surface area contributed by atoms with Gasteiger partial charge in [-0.3, -0.25) is 0 Å². The first-order valence-electron chi connectivity index (χ1n) is 5.04. The molecule has 18 heavy (non-hydrogen) atoms. The van der Waals surface area contributed by atoms with Crippen molar-refractivity contribution in [1.29, 1.82) is 5.26 Å². The third-order valence-corrected chi connectivity index (χ3v) is 3.74. The molecule has 0 atom stereocenters. The molecule has 0 aliphatic heterocycles. The second kappa shape index (κ2) is 6.14. The van der Waals surface area contributed by atoms with E-state index in [1.165, 1.54) is 23.1 Å². The molecular formula is C11H9N5S2. The van der Waals surface area contributed by atoms with Gasteiger partial charge in [0.15, 0.2) is 4.34 Å². The molecule has 0 unspecified atom stereocenters. The lowest BCUT2D eigenvalue weighted by Gasteiger charge is -1.95. The summed E-state index contributed by atoms with van der Waals surface area (Å²) in [5, 5.41) is 21.3. The van der Waals surface area contributed by atoms with E-state index in [1.54, 1.807) is 24.4 Å². The van der Waals surface area contributed by atoms with Gasteiger partial charge in [-0.05, 0) is 23.9 Å². The van der Waals surface area contributed by atoms with Gasteiger partial charge in [-0.1, -0.05) is 17.4 Å². The van der Waals surface area contributed by atoms with Crippen molar-refractivity contribution >= 4 is 28.2 Å². The molecule has 0 amide bonds. The van der Waals surface area contributed by atoms with Gasteiger partial charge in [0.1, 0.15) is 11.1 Å². The Labute approximate surface area is 113 Å². The van der Waals surface area contributed by atoms with Crippen LogP contribution >= 0.6 is 23.1 Å². The minimum Gasteiger partial charge on any atom is -0.357 e. The van der Waals surface area contributed by atoms with Gasteiger partial charge in [-0.25, -0.2) is 4.98 Å². The van der Waals surface area contributed by atoms with Gasteiger partial charge in [0.05, 0.1) is 5.56 Å². The van der Waals surface area contributed by atoms with Gasteiger partial charge >= 0.3 is 0 Å². The van der Waals surface area contributed by atoms with Crippen LogP contribution < -0.4 is 5.32 Å². The van der Waals surface area contributed by atoms with E-state index in [9.17, 15) is 0 Å². The van der Waals surface area contributed by atoms with Crippen LogP contribution in [0.25, 0.3) is 0 Å². The molecule has 1 N–H and O–H groups in total. The lowest BCUT2D eigenvalue weighted by atomic mass is 10.3. The fraction of sp³-hybridized carbons (Fsp3) is 0.0909. The first kappa shape index (κ1) is 12.5. The maximum Gasteiger partial charge on any atom is 0.206 e. The third-order valence-electron chi connectivity index (χ3n) is 1.86. The van der Waals surface area contributed by atoms with E-state index in [0.29, 0.717) is 12.1 Å². The maximum absolute atomic E-state index is 8.67. The van der Waals surface area contributed by atoms with E-state index in [-0.39, 0.29) is 0 Å². The zero-order valence-corrected chi connectivity index (χ0v) is 11.0. The van der Waals surface area contributed by atoms with Crippen LogP contribution in [-0.4, -0.2) is 21.7 Å². The van der Waals surface area contributed by atoms with Crippen LogP contribution in [0.1, 0.15) is 5.56 Å². The Morgan fingerprint density at radius 3 is 3.06 bits per heavy atom. The molecule has 2 aromatic rings. The summed E-state index contributed by atoms with van der Waals surface area (Å²) in [6.45, 7) is 4.28. The predicted molar refractivity (Wildman–Crippen MR) is 71.7 cm³/mol. The summed E-state index contributed by atoms with van der Waals surface area (Å²) in [4.78, 5) is 4.16. The van der Waals surface area contributed by atoms with Crippen molar-refractivity contribution in [1.82, 2.24) is 15.2 Å². The monoisotopic (exact) mass is 275 g/mol. The summed E-state index contributed by atoms with van der Waals surface area (Å²) in [6, 6.07) is 5.55. The highest BCUT2D eigenvalue weighted by Crippen LogP contribution is 2.30. The SMILES string of the molecule is C=CCNc1nnc(Sc2ccc(C#N)cn2)s1. The number of nitriles is 1. The molecule has 90 valence electrons. The average Bonchev–Trinajstić information content (AvgIpc) is 2.85. The quantitative estimate of drug-likeness (QED) is 0.845. The molecule has 0 saturated heterocycles. The minimum atomic E-state index is 0.546. The maximum atomic E-state index is 8.67. The molecule has 0 saturated carbocycles. The second-order valence-electron chi connectivity index (χ2n) is 3.14. The summed E-state index contributed by atoms with van der Waals surface area (Å²) in [5.41, 5.74) is 0.546. The lowest BCUT2D eigenvalue weighted by molar-refractivity contribution is 1.00. The van der Waals surface area contributed by atoms with Crippen LogP contribution in [0.4, 0.5) is 5.13 Å².